The van der Waals surface area contributed by atoms with Gasteiger partial charge in [0.15, 0.2) is 0 Å². The Morgan fingerprint density at radius 1 is 1.45 bits per heavy atom. The summed E-state index contributed by atoms with van der Waals surface area (Å²) in [5.74, 6) is 1.22. The summed E-state index contributed by atoms with van der Waals surface area (Å²) in [4.78, 5) is 13.2. The molecule has 0 radical (unpaired) electrons. The molecule has 0 bridgehead atoms. The lowest BCUT2D eigenvalue weighted by molar-refractivity contribution is 0.0912. The van der Waals surface area contributed by atoms with Crippen LogP contribution in [-0.2, 0) is 5.75 Å². The Bertz CT molecular complexity index is 623. The molecule has 0 spiro atoms. The lowest BCUT2D eigenvalue weighted by Crippen LogP contribution is -2.37. The molecule has 0 saturated carbocycles. The molecule has 0 saturated heterocycles. The van der Waals surface area contributed by atoms with Crippen LogP contribution in [-0.4, -0.2) is 28.8 Å². The molecule has 2 N–H and O–H groups in total. The molecule has 22 heavy (non-hydrogen) atoms. The Balaban J connectivity index is 2.07. The molecule has 0 aliphatic heterocycles. The van der Waals surface area contributed by atoms with E-state index in [1.807, 2.05) is 38.1 Å². The molecule has 1 heterocycles. The highest BCUT2D eigenvalue weighted by atomic mass is 32.2. The maximum absolute atomic E-state index is 12.3. The summed E-state index contributed by atoms with van der Waals surface area (Å²) in [5, 5.41) is 15.9. The number of carbonyl (C=O) groups excluding carboxylic acids is 1. The van der Waals surface area contributed by atoms with Crippen LogP contribution in [0.1, 0.15) is 35.2 Å². The van der Waals surface area contributed by atoms with Crippen LogP contribution in [0, 0.1) is 6.92 Å². The third-order valence-electron chi connectivity index (χ3n) is 3.23. The number of aromatic nitrogens is 1. The second-order valence-electron chi connectivity index (χ2n) is 4.98. The number of amides is 1. The van der Waals surface area contributed by atoms with Gasteiger partial charge in [0, 0.05) is 11.0 Å². The van der Waals surface area contributed by atoms with Crippen LogP contribution in [0.2, 0.25) is 0 Å². The minimum Gasteiger partial charge on any atom is -0.394 e. The fourth-order valence-corrected chi connectivity index (χ4v) is 2.88. The highest BCUT2D eigenvalue weighted by molar-refractivity contribution is 7.98. The lowest BCUT2D eigenvalue weighted by Gasteiger charge is -2.15. The van der Waals surface area contributed by atoms with E-state index in [-0.39, 0.29) is 18.6 Å². The second-order valence-corrected chi connectivity index (χ2v) is 6.00. The number of aliphatic hydroxyl groups excluding tert-OH is 1. The smallest absolute Gasteiger partial charge is 0.252 e. The van der Waals surface area contributed by atoms with Gasteiger partial charge in [0.1, 0.15) is 5.76 Å². The summed E-state index contributed by atoms with van der Waals surface area (Å²) in [5.41, 5.74) is 1.45. The summed E-state index contributed by atoms with van der Waals surface area (Å²) >= 11 is 1.53. The number of thioether (sulfide) groups is 1. The summed E-state index contributed by atoms with van der Waals surface area (Å²) in [6.45, 7) is 3.74. The van der Waals surface area contributed by atoms with Gasteiger partial charge in [0.05, 0.1) is 29.7 Å². The van der Waals surface area contributed by atoms with Crippen molar-refractivity contribution in [3.8, 4) is 0 Å². The van der Waals surface area contributed by atoms with Gasteiger partial charge in [-0.05, 0) is 25.5 Å². The highest BCUT2D eigenvalue weighted by Crippen LogP contribution is 2.26. The number of nitrogens with zero attached hydrogens (tertiary/aromatic N) is 1. The van der Waals surface area contributed by atoms with Gasteiger partial charge in [-0.1, -0.05) is 24.2 Å². The van der Waals surface area contributed by atoms with Crippen LogP contribution in [0.4, 0.5) is 0 Å². The van der Waals surface area contributed by atoms with Gasteiger partial charge in [-0.2, -0.15) is 0 Å². The van der Waals surface area contributed by atoms with Gasteiger partial charge in [-0.3, -0.25) is 4.79 Å². The summed E-state index contributed by atoms with van der Waals surface area (Å²) in [7, 11) is 0. The molecule has 5 nitrogen and oxygen atoms in total. The van der Waals surface area contributed by atoms with Crippen molar-refractivity contribution in [2.24, 2.45) is 0 Å². The average Bonchev–Trinajstić information content (AvgIpc) is 2.96. The molecule has 1 atom stereocenters. The zero-order valence-corrected chi connectivity index (χ0v) is 13.5. The Morgan fingerprint density at radius 3 is 2.86 bits per heavy atom. The van der Waals surface area contributed by atoms with Gasteiger partial charge in [-0.15, -0.1) is 11.8 Å². The maximum Gasteiger partial charge on any atom is 0.252 e. The lowest BCUT2D eigenvalue weighted by atomic mass is 10.2. The molecule has 1 unspecified atom stereocenters. The number of aliphatic hydroxyl groups is 1. The molecule has 1 amide bonds. The molecular weight excluding hydrogens is 300 g/mol. The number of nitrogens with one attached hydrogen (secondary N) is 1. The Labute approximate surface area is 134 Å². The molecule has 118 valence electrons. The molecule has 0 aliphatic carbocycles. The number of aryl methyl sites for hydroxylation is 1. The van der Waals surface area contributed by atoms with E-state index in [2.05, 4.69) is 10.5 Å². The van der Waals surface area contributed by atoms with Crippen LogP contribution < -0.4 is 5.32 Å². The van der Waals surface area contributed by atoms with Crippen molar-refractivity contribution in [2.45, 2.75) is 37.0 Å². The van der Waals surface area contributed by atoms with E-state index < -0.39 is 0 Å². The summed E-state index contributed by atoms with van der Waals surface area (Å²) in [6.07, 6.45) is 0.689. The number of hydrogen-bond acceptors (Lipinski definition) is 5. The minimum atomic E-state index is -0.220. The number of rotatable bonds is 7. The van der Waals surface area contributed by atoms with E-state index in [1.165, 1.54) is 11.8 Å². The van der Waals surface area contributed by atoms with Crippen molar-refractivity contribution in [1.29, 1.82) is 0 Å². The van der Waals surface area contributed by atoms with Crippen molar-refractivity contribution in [2.75, 3.05) is 6.61 Å². The van der Waals surface area contributed by atoms with Crippen LogP contribution >= 0.6 is 11.8 Å². The molecule has 2 aromatic rings. The largest absolute Gasteiger partial charge is 0.394 e. The third kappa shape index (κ3) is 4.35. The molecule has 0 fully saturated rings. The first kappa shape index (κ1) is 16.6. The van der Waals surface area contributed by atoms with Gasteiger partial charge in [0.25, 0.3) is 5.91 Å². The van der Waals surface area contributed by atoms with Crippen LogP contribution in [0.3, 0.4) is 0 Å². The van der Waals surface area contributed by atoms with Crippen molar-refractivity contribution < 1.29 is 14.4 Å². The first-order chi connectivity index (χ1) is 10.6. The minimum absolute atomic E-state index is 0.0606. The third-order valence-corrected chi connectivity index (χ3v) is 4.32. The summed E-state index contributed by atoms with van der Waals surface area (Å²) in [6, 6.07) is 9.08. The number of hydrogen-bond donors (Lipinski definition) is 2. The van der Waals surface area contributed by atoms with Crippen LogP contribution in [0.15, 0.2) is 39.8 Å². The first-order valence-corrected chi connectivity index (χ1v) is 8.18. The predicted octanol–water partition coefficient (Wildman–Crippen LogP) is 2.78. The quantitative estimate of drug-likeness (QED) is 0.767. The van der Waals surface area contributed by atoms with Crippen molar-refractivity contribution >= 4 is 17.7 Å². The van der Waals surface area contributed by atoms with Gasteiger partial charge >= 0.3 is 0 Å². The zero-order valence-electron chi connectivity index (χ0n) is 12.7. The van der Waals surface area contributed by atoms with Crippen molar-refractivity contribution in [1.82, 2.24) is 10.5 Å². The number of benzene rings is 1. The molecule has 0 aliphatic rings. The van der Waals surface area contributed by atoms with Crippen molar-refractivity contribution in [3.63, 3.8) is 0 Å². The van der Waals surface area contributed by atoms with E-state index >= 15 is 0 Å². The predicted molar refractivity (Wildman–Crippen MR) is 85.9 cm³/mol. The first-order valence-electron chi connectivity index (χ1n) is 7.19. The standard InChI is InChI=1S/C16H20N2O3S/c1-3-12(9-19)17-16(20)14-6-4-5-7-15(14)22-10-13-8-11(2)18-21-13/h4-8,12,19H,3,9-10H2,1-2H3,(H,17,20). The van der Waals surface area contributed by atoms with Crippen LogP contribution in [0.5, 0.6) is 0 Å². The molecule has 1 aromatic carbocycles. The topological polar surface area (TPSA) is 75.4 Å². The van der Waals surface area contributed by atoms with E-state index in [1.54, 1.807) is 6.07 Å². The van der Waals surface area contributed by atoms with Crippen LogP contribution in [0.25, 0.3) is 0 Å². The fraction of sp³-hybridized carbons (Fsp3) is 0.375. The molecule has 2 rings (SSSR count). The Kier molecular flexibility index (Phi) is 6.03. The van der Waals surface area contributed by atoms with E-state index in [0.717, 1.165) is 16.3 Å². The normalized spacial score (nSPS) is 12.1. The maximum atomic E-state index is 12.3. The zero-order chi connectivity index (χ0) is 15.9. The Morgan fingerprint density at radius 2 is 2.23 bits per heavy atom. The van der Waals surface area contributed by atoms with Gasteiger partial charge in [0.2, 0.25) is 0 Å². The van der Waals surface area contributed by atoms with Gasteiger partial charge < -0.3 is 14.9 Å². The SMILES string of the molecule is CCC(CO)NC(=O)c1ccccc1SCc1cc(C)no1. The summed E-state index contributed by atoms with van der Waals surface area (Å²) < 4.78 is 5.18. The molecular formula is C16H20N2O3S. The number of carbonyl (C=O) groups is 1. The Hall–Kier alpha value is -1.79. The second kappa shape index (κ2) is 8.00. The van der Waals surface area contributed by atoms with Crippen molar-refractivity contribution in [3.05, 3.63) is 47.3 Å². The average molecular weight is 320 g/mol. The molecule has 1 aromatic heterocycles. The monoisotopic (exact) mass is 320 g/mol. The van der Waals surface area contributed by atoms with Gasteiger partial charge in [-0.25, -0.2) is 0 Å². The van der Waals surface area contributed by atoms with E-state index in [9.17, 15) is 9.90 Å². The van der Waals surface area contributed by atoms with E-state index in [4.69, 9.17) is 4.52 Å². The fourth-order valence-electron chi connectivity index (χ4n) is 1.95. The molecule has 6 heteroatoms. The highest BCUT2D eigenvalue weighted by Gasteiger charge is 2.15. The van der Waals surface area contributed by atoms with E-state index in [0.29, 0.717) is 17.7 Å².